The largest absolute Gasteiger partial charge is 0.460 e. The molecule has 0 amide bonds. The van der Waals surface area contributed by atoms with E-state index in [9.17, 15) is 13.2 Å². The van der Waals surface area contributed by atoms with Gasteiger partial charge in [0.05, 0.1) is 5.75 Å². The van der Waals surface area contributed by atoms with E-state index in [0.29, 0.717) is 6.42 Å². The van der Waals surface area contributed by atoms with Crippen molar-refractivity contribution in [3.63, 3.8) is 0 Å². The maximum Gasteiger partial charge on any atom is 0.333 e. The monoisotopic (exact) mass is 236 g/mol. The van der Waals surface area contributed by atoms with Crippen molar-refractivity contribution in [3.05, 3.63) is 12.2 Å². The van der Waals surface area contributed by atoms with Crippen LogP contribution in [-0.4, -0.2) is 33.4 Å². The van der Waals surface area contributed by atoms with Gasteiger partial charge in [0.25, 0.3) is 10.1 Å². The summed E-state index contributed by atoms with van der Waals surface area (Å²) in [6, 6.07) is 0. The zero-order valence-corrected chi connectivity index (χ0v) is 9.80. The minimum atomic E-state index is -3.46. The molecule has 0 aromatic heterocycles. The van der Waals surface area contributed by atoms with Crippen molar-refractivity contribution in [1.29, 1.82) is 0 Å². The predicted octanol–water partition coefficient (Wildman–Crippen LogP) is 0.862. The number of hydrogen-bond acceptors (Lipinski definition) is 5. The molecule has 0 aliphatic rings. The molecule has 0 aliphatic heterocycles. The quantitative estimate of drug-likeness (QED) is 0.284. The highest BCUT2D eigenvalue weighted by molar-refractivity contribution is 7.86. The molecule has 0 heterocycles. The van der Waals surface area contributed by atoms with Crippen LogP contribution >= 0.6 is 0 Å². The van der Waals surface area contributed by atoms with Gasteiger partial charge in [-0.15, -0.1) is 0 Å². The zero-order valence-electron chi connectivity index (χ0n) is 8.99. The first-order valence-corrected chi connectivity index (χ1v) is 6.16. The third-order valence-electron chi connectivity index (χ3n) is 1.38. The van der Waals surface area contributed by atoms with E-state index in [0.717, 1.165) is 0 Å². The first-order chi connectivity index (χ1) is 6.89. The molecule has 0 spiro atoms. The number of esters is 1. The second kappa shape index (κ2) is 6.58. The van der Waals surface area contributed by atoms with Gasteiger partial charge in [0, 0.05) is 5.57 Å². The van der Waals surface area contributed by atoms with Crippen molar-refractivity contribution >= 4 is 16.1 Å². The van der Waals surface area contributed by atoms with E-state index in [1.165, 1.54) is 6.92 Å². The molecular weight excluding hydrogens is 220 g/mol. The van der Waals surface area contributed by atoms with Crippen LogP contribution < -0.4 is 0 Å². The molecule has 0 aromatic carbocycles. The van der Waals surface area contributed by atoms with E-state index < -0.39 is 16.1 Å². The van der Waals surface area contributed by atoms with Crippen LogP contribution in [0.1, 0.15) is 20.3 Å². The minimum absolute atomic E-state index is 0.0264. The van der Waals surface area contributed by atoms with Gasteiger partial charge in [-0.05, 0) is 13.3 Å². The van der Waals surface area contributed by atoms with Gasteiger partial charge in [-0.3, -0.25) is 4.18 Å². The van der Waals surface area contributed by atoms with Gasteiger partial charge in [-0.2, -0.15) is 8.42 Å². The van der Waals surface area contributed by atoms with E-state index in [4.69, 9.17) is 0 Å². The van der Waals surface area contributed by atoms with Crippen molar-refractivity contribution in [2.24, 2.45) is 0 Å². The first kappa shape index (κ1) is 14.1. The molecule has 5 nitrogen and oxygen atoms in total. The number of rotatable bonds is 7. The molecule has 0 bridgehead atoms. The average molecular weight is 236 g/mol. The molecule has 0 atom stereocenters. The molecule has 0 saturated carbocycles. The fraction of sp³-hybridized carbons (Fsp3) is 0.667. The molecular formula is C9H16O5S. The van der Waals surface area contributed by atoms with Gasteiger partial charge < -0.3 is 4.74 Å². The maximum atomic E-state index is 11.0. The van der Waals surface area contributed by atoms with Gasteiger partial charge in [-0.1, -0.05) is 13.5 Å². The van der Waals surface area contributed by atoms with Crippen LogP contribution in [0.4, 0.5) is 0 Å². The normalized spacial score (nSPS) is 11.1. The summed E-state index contributed by atoms with van der Waals surface area (Å²) in [5, 5.41) is 0. The molecule has 0 rings (SSSR count). The fourth-order valence-electron chi connectivity index (χ4n) is 0.727. The van der Waals surface area contributed by atoms with Crippen molar-refractivity contribution < 1.29 is 22.1 Å². The molecule has 15 heavy (non-hydrogen) atoms. The zero-order chi connectivity index (χ0) is 11.9. The molecule has 0 N–H and O–H groups in total. The number of carbonyl (C=O) groups excluding carboxylic acids is 1. The third kappa shape index (κ3) is 7.10. The highest BCUT2D eigenvalue weighted by atomic mass is 32.2. The Morgan fingerprint density at radius 1 is 1.33 bits per heavy atom. The Bertz CT molecular complexity index is 317. The summed E-state index contributed by atoms with van der Waals surface area (Å²) in [5.74, 6) is -0.576. The van der Waals surface area contributed by atoms with Crippen LogP contribution in [0.5, 0.6) is 0 Å². The van der Waals surface area contributed by atoms with Crippen molar-refractivity contribution in [2.45, 2.75) is 20.3 Å². The molecule has 0 unspecified atom stereocenters. The summed E-state index contributed by atoms with van der Waals surface area (Å²) in [7, 11) is -3.46. The molecule has 0 aromatic rings. The fourth-order valence-corrected chi connectivity index (χ4v) is 1.67. The van der Waals surface area contributed by atoms with Crippen molar-refractivity contribution in [2.75, 3.05) is 19.0 Å². The Hall–Kier alpha value is -0.880. The summed E-state index contributed by atoms with van der Waals surface area (Å²) in [6.45, 7) is 6.39. The summed E-state index contributed by atoms with van der Waals surface area (Å²) >= 11 is 0. The van der Waals surface area contributed by atoms with Crippen LogP contribution in [0.15, 0.2) is 12.2 Å². The highest BCUT2D eigenvalue weighted by Crippen LogP contribution is 1.97. The molecule has 0 aliphatic carbocycles. The van der Waals surface area contributed by atoms with E-state index in [1.807, 2.05) is 0 Å². The Labute approximate surface area is 90.2 Å². The second-order valence-electron chi connectivity index (χ2n) is 3.00. The predicted molar refractivity (Wildman–Crippen MR) is 55.8 cm³/mol. The van der Waals surface area contributed by atoms with E-state index in [-0.39, 0.29) is 24.5 Å². The standard InChI is InChI=1S/C9H16O5S/c1-4-7-15(11,12)14-6-5-13-9(10)8(2)3/h2,4-7H2,1,3H3. The molecule has 0 radical (unpaired) electrons. The summed E-state index contributed by atoms with van der Waals surface area (Å²) in [5.41, 5.74) is 0.270. The van der Waals surface area contributed by atoms with Gasteiger partial charge >= 0.3 is 5.97 Å². The number of hydrogen-bond donors (Lipinski definition) is 0. The van der Waals surface area contributed by atoms with Gasteiger partial charge in [-0.25, -0.2) is 4.79 Å². The Kier molecular flexibility index (Phi) is 6.19. The van der Waals surface area contributed by atoms with Crippen LogP contribution in [0.25, 0.3) is 0 Å². The highest BCUT2D eigenvalue weighted by Gasteiger charge is 2.09. The van der Waals surface area contributed by atoms with Crippen molar-refractivity contribution in [3.8, 4) is 0 Å². The first-order valence-electron chi connectivity index (χ1n) is 4.58. The maximum absolute atomic E-state index is 11.0. The average Bonchev–Trinajstić information content (AvgIpc) is 2.11. The van der Waals surface area contributed by atoms with Crippen LogP contribution in [-0.2, 0) is 23.8 Å². The Balaban J connectivity index is 3.72. The number of carbonyl (C=O) groups is 1. The van der Waals surface area contributed by atoms with Crippen LogP contribution in [0, 0.1) is 0 Å². The summed E-state index contributed by atoms with van der Waals surface area (Å²) < 4.78 is 31.3. The van der Waals surface area contributed by atoms with Gasteiger partial charge in [0.2, 0.25) is 0 Å². The lowest BCUT2D eigenvalue weighted by molar-refractivity contribution is -0.139. The molecule has 0 fully saturated rings. The third-order valence-corrected chi connectivity index (χ3v) is 2.82. The van der Waals surface area contributed by atoms with Gasteiger partial charge in [0.1, 0.15) is 13.2 Å². The summed E-state index contributed by atoms with van der Waals surface area (Å²) in [4.78, 5) is 10.9. The Morgan fingerprint density at radius 3 is 2.40 bits per heavy atom. The topological polar surface area (TPSA) is 69.7 Å². The van der Waals surface area contributed by atoms with E-state index in [1.54, 1.807) is 6.92 Å². The lowest BCUT2D eigenvalue weighted by Gasteiger charge is -2.05. The van der Waals surface area contributed by atoms with E-state index in [2.05, 4.69) is 15.5 Å². The van der Waals surface area contributed by atoms with E-state index >= 15 is 0 Å². The molecule has 0 saturated heterocycles. The Morgan fingerprint density at radius 2 is 1.93 bits per heavy atom. The van der Waals surface area contributed by atoms with Crippen LogP contribution in [0.2, 0.25) is 0 Å². The van der Waals surface area contributed by atoms with Gasteiger partial charge in [0.15, 0.2) is 0 Å². The minimum Gasteiger partial charge on any atom is -0.460 e. The lowest BCUT2D eigenvalue weighted by atomic mass is 10.4. The second-order valence-corrected chi connectivity index (χ2v) is 4.76. The summed E-state index contributed by atoms with van der Waals surface area (Å²) in [6.07, 6.45) is 0.494. The van der Waals surface area contributed by atoms with Crippen molar-refractivity contribution in [1.82, 2.24) is 0 Å². The van der Waals surface area contributed by atoms with Crippen LogP contribution in [0.3, 0.4) is 0 Å². The molecule has 88 valence electrons. The SMILES string of the molecule is C=C(C)C(=O)OCCOS(=O)(=O)CCC. The smallest absolute Gasteiger partial charge is 0.333 e. The lowest BCUT2D eigenvalue weighted by Crippen LogP contribution is -2.16. The number of ether oxygens (including phenoxy) is 1. The molecule has 6 heteroatoms.